The van der Waals surface area contributed by atoms with Crippen LogP contribution >= 0.6 is 0 Å². The van der Waals surface area contributed by atoms with Crippen LogP contribution in [0.4, 0.5) is 0 Å². The molecule has 0 radical (unpaired) electrons. The van der Waals surface area contributed by atoms with Crippen molar-refractivity contribution in [3.05, 3.63) is 0 Å². The zero-order valence-corrected chi connectivity index (χ0v) is 9.71. The number of carbonyl (C=O) groups is 2. The molecular formula is C12H21NO3. The van der Waals surface area contributed by atoms with Gasteiger partial charge in [0.2, 0.25) is 5.91 Å². The van der Waals surface area contributed by atoms with E-state index in [4.69, 9.17) is 5.73 Å². The number of carboxylic acids is 1. The first-order valence-corrected chi connectivity index (χ1v) is 6.08. The lowest BCUT2D eigenvalue weighted by atomic mass is 9.71. The van der Waals surface area contributed by atoms with Gasteiger partial charge in [0.1, 0.15) is 0 Å². The molecule has 92 valence electrons. The summed E-state index contributed by atoms with van der Waals surface area (Å²) in [4.78, 5) is 21.9. The predicted octanol–water partition coefficient (Wildman–Crippen LogP) is 2.07. The molecule has 0 aliphatic heterocycles. The lowest BCUT2D eigenvalue weighted by molar-refractivity contribution is -0.151. The van der Waals surface area contributed by atoms with Gasteiger partial charge in [0, 0.05) is 6.42 Å². The van der Waals surface area contributed by atoms with Gasteiger partial charge in [0.15, 0.2) is 0 Å². The molecule has 0 unspecified atom stereocenters. The monoisotopic (exact) mass is 227 g/mol. The fourth-order valence-corrected chi connectivity index (χ4v) is 2.56. The van der Waals surface area contributed by atoms with Gasteiger partial charge in [-0.1, -0.05) is 25.7 Å². The number of aliphatic carboxylic acids is 1. The van der Waals surface area contributed by atoms with Gasteiger partial charge < -0.3 is 10.8 Å². The molecule has 0 aromatic heterocycles. The van der Waals surface area contributed by atoms with Gasteiger partial charge in [-0.3, -0.25) is 9.59 Å². The van der Waals surface area contributed by atoms with Crippen molar-refractivity contribution in [1.82, 2.24) is 0 Å². The van der Waals surface area contributed by atoms with Gasteiger partial charge in [-0.25, -0.2) is 0 Å². The molecule has 1 saturated carbocycles. The van der Waals surface area contributed by atoms with E-state index in [0.717, 1.165) is 38.5 Å². The second kappa shape index (κ2) is 5.87. The Morgan fingerprint density at radius 2 is 1.75 bits per heavy atom. The minimum atomic E-state index is -0.661. The van der Waals surface area contributed by atoms with E-state index < -0.39 is 11.4 Å². The lowest BCUT2D eigenvalue weighted by Crippen LogP contribution is -2.33. The first-order chi connectivity index (χ1) is 7.57. The summed E-state index contributed by atoms with van der Waals surface area (Å²) in [6, 6.07) is 0. The van der Waals surface area contributed by atoms with E-state index in [-0.39, 0.29) is 5.91 Å². The average Bonchev–Trinajstić information content (AvgIpc) is 2.25. The summed E-state index contributed by atoms with van der Waals surface area (Å²) in [5, 5.41) is 9.31. The number of carbonyl (C=O) groups excluding carboxylic acids is 1. The average molecular weight is 227 g/mol. The molecule has 4 heteroatoms. The topological polar surface area (TPSA) is 80.4 Å². The molecule has 0 bridgehead atoms. The van der Waals surface area contributed by atoms with Crippen LogP contribution in [0.1, 0.15) is 57.8 Å². The van der Waals surface area contributed by atoms with Crippen molar-refractivity contribution in [3.63, 3.8) is 0 Å². The molecule has 0 atom stereocenters. The zero-order valence-electron chi connectivity index (χ0n) is 9.71. The van der Waals surface area contributed by atoms with Gasteiger partial charge >= 0.3 is 5.97 Å². The summed E-state index contributed by atoms with van der Waals surface area (Å²) in [5.74, 6) is -0.959. The van der Waals surface area contributed by atoms with Crippen LogP contribution in [0.15, 0.2) is 0 Å². The van der Waals surface area contributed by atoms with Crippen LogP contribution < -0.4 is 5.73 Å². The van der Waals surface area contributed by atoms with Gasteiger partial charge in [0.25, 0.3) is 0 Å². The number of amides is 1. The highest BCUT2D eigenvalue weighted by Gasteiger charge is 2.38. The van der Waals surface area contributed by atoms with E-state index >= 15 is 0 Å². The molecule has 0 heterocycles. The van der Waals surface area contributed by atoms with Crippen LogP contribution in [-0.2, 0) is 9.59 Å². The fourth-order valence-electron chi connectivity index (χ4n) is 2.56. The van der Waals surface area contributed by atoms with Crippen molar-refractivity contribution in [2.45, 2.75) is 57.8 Å². The van der Waals surface area contributed by atoms with Crippen molar-refractivity contribution < 1.29 is 14.7 Å². The van der Waals surface area contributed by atoms with E-state index in [1.165, 1.54) is 0 Å². The molecule has 1 aliphatic carbocycles. The molecule has 1 amide bonds. The maximum Gasteiger partial charge on any atom is 0.309 e. The minimum absolute atomic E-state index is 0.298. The Kier molecular flexibility index (Phi) is 4.77. The Labute approximate surface area is 96.2 Å². The van der Waals surface area contributed by atoms with Crippen molar-refractivity contribution in [3.8, 4) is 0 Å². The summed E-state index contributed by atoms with van der Waals surface area (Å²) in [6.45, 7) is 0. The Balaban J connectivity index is 2.39. The molecule has 1 aliphatic rings. The lowest BCUT2D eigenvalue weighted by Gasteiger charge is -2.33. The van der Waals surface area contributed by atoms with Crippen LogP contribution in [-0.4, -0.2) is 17.0 Å². The molecule has 1 rings (SSSR count). The standard InChI is InChI=1S/C12H21NO3/c13-10(14)6-2-5-9-12(11(15)16)7-3-1-4-8-12/h1-9H2,(H2,13,14)(H,15,16). The quantitative estimate of drug-likeness (QED) is 0.681. The largest absolute Gasteiger partial charge is 0.481 e. The van der Waals surface area contributed by atoms with E-state index in [2.05, 4.69) is 0 Å². The summed E-state index contributed by atoms with van der Waals surface area (Å²) < 4.78 is 0. The highest BCUT2D eigenvalue weighted by atomic mass is 16.4. The fraction of sp³-hybridized carbons (Fsp3) is 0.833. The maximum atomic E-state index is 11.3. The third kappa shape index (κ3) is 3.51. The van der Waals surface area contributed by atoms with Crippen LogP contribution in [0.5, 0.6) is 0 Å². The van der Waals surface area contributed by atoms with E-state index in [1.54, 1.807) is 0 Å². The minimum Gasteiger partial charge on any atom is -0.481 e. The number of nitrogens with two attached hydrogens (primary N) is 1. The SMILES string of the molecule is NC(=O)CCCCC1(C(=O)O)CCCCC1. The Morgan fingerprint density at radius 1 is 1.12 bits per heavy atom. The van der Waals surface area contributed by atoms with Crippen molar-refractivity contribution in [2.24, 2.45) is 11.1 Å². The van der Waals surface area contributed by atoms with Crippen LogP contribution in [0.3, 0.4) is 0 Å². The molecule has 0 saturated heterocycles. The van der Waals surface area contributed by atoms with E-state index in [1.807, 2.05) is 0 Å². The summed E-state index contributed by atoms with van der Waals surface area (Å²) in [7, 11) is 0. The Bertz CT molecular complexity index is 257. The summed E-state index contributed by atoms with van der Waals surface area (Å²) >= 11 is 0. The van der Waals surface area contributed by atoms with Gasteiger partial charge in [-0.05, 0) is 25.7 Å². The number of carboxylic acid groups (broad SMARTS) is 1. The first kappa shape index (κ1) is 13.0. The first-order valence-electron chi connectivity index (χ1n) is 6.08. The van der Waals surface area contributed by atoms with Crippen LogP contribution in [0, 0.1) is 5.41 Å². The number of hydrogen-bond acceptors (Lipinski definition) is 2. The van der Waals surface area contributed by atoms with Crippen LogP contribution in [0.2, 0.25) is 0 Å². The Morgan fingerprint density at radius 3 is 2.25 bits per heavy atom. The number of unbranched alkanes of at least 4 members (excludes halogenated alkanes) is 1. The highest BCUT2D eigenvalue weighted by Crippen LogP contribution is 2.40. The highest BCUT2D eigenvalue weighted by molar-refractivity contribution is 5.75. The molecule has 0 aromatic rings. The molecule has 16 heavy (non-hydrogen) atoms. The normalized spacial score (nSPS) is 19.2. The van der Waals surface area contributed by atoms with Crippen molar-refractivity contribution in [1.29, 1.82) is 0 Å². The summed E-state index contributed by atoms with van der Waals surface area (Å²) in [5.41, 5.74) is 4.53. The van der Waals surface area contributed by atoms with Gasteiger partial charge in [-0.2, -0.15) is 0 Å². The number of hydrogen-bond donors (Lipinski definition) is 2. The van der Waals surface area contributed by atoms with Crippen LogP contribution in [0.25, 0.3) is 0 Å². The Hall–Kier alpha value is -1.06. The molecule has 0 aromatic carbocycles. The van der Waals surface area contributed by atoms with E-state index in [9.17, 15) is 14.7 Å². The van der Waals surface area contributed by atoms with Crippen molar-refractivity contribution in [2.75, 3.05) is 0 Å². The predicted molar refractivity (Wildman–Crippen MR) is 60.8 cm³/mol. The van der Waals surface area contributed by atoms with Gasteiger partial charge in [0.05, 0.1) is 5.41 Å². The van der Waals surface area contributed by atoms with E-state index in [0.29, 0.717) is 19.3 Å². The number of rotatable bonds is 6. The molecular weight excluding hydrogens is 206 g/mol. The van der Waals surface area contributed by atoms with Gasteiger partial charge in [-0.15, -0.1) is 0 Å². The molecule has 4 nitrogen and oxygen atoms in total. The van der Waals surface area contributed by atoms with Crippen molar-refractivity contribution >= 4 is 11.9 Å². The second-order valence-electron chi connectivity index (χ2n) is 4.82. The maximum absolute atomic E-state index is 11.3. The second-order valence-corrected chi connectivity index (χ2v) is 4.82. The third-order valence-corrected chi connectivity index (χ3v) is 3.59. The summed E-state index contributed by atoms with van der Waals surface area (Å²) in [6.07, 6.45) is 7.32. The molecule has 3 N–H and O–H groups in total. The molecule has 0 spiro atoms. The zero-order chi connectivity index (χ0) is 12.0. The number of primary amides is 1. The third-order valence-electron chi connectivity index (χ3n) is 3.59. The molecule has 1 fully saturated rings. The smallest absolute Gasteiger partial charge is 0.309 e.